The number of aryl methyl sites for hydroxylation is 1. The summed E-state index contributed by atoms with van der Waals surface area (Å²) in [7, 11) is 0. The Morgan fingerprint density at radius 3 is 2.59 bits per heavy atom. The summed E-state index contributed by atoms with van der Waals surface area (Å²) in [6.45, 7) is 5.90. The molecule has 1 aromatic carbocycles. The third-order valence-corrected chi connectivity index (χ3v) is 2.63. The summed E-state index contributed by atoms with van der Waals surface area (Å²) in [6.07, 6.45) is 0. The van der Waals surface area contributed by atoms with Crippen molar-refractivity contribution in [2.45, 2.75) is 26.8 Å². The van der Waals surface area contributed by atoms with Crippen molar-refractivity contribution in [3.63, 3.8) is 0 Å². The van der Waals surface area contributed by atoms with Crippen molar-refractivity contribution in [1.82, 2.24) is 0 Å². The average Bonchev–Trinajstić information content (AvgIpc) is 2.25. The minimum atomic E-state index is -0.361. The standard InChI is InChI=1S/C13H20N2O2/c1-8-4-5-11(10(3)14)12(6-8)17-7-9(2)13(15)16/h4-6,9-10H,7,14H2,1-3H3,(H2,15,16)/t9?,10-/m1/s1. The Hall–Kier alpha value is -1.55. The summed E-state index contributed by atoms with van der Waals surface area (Å²) in [5.41, 5.74) is 13.1. The number of carbonyl (C=O) groups excluding carboxylic acids is 1. The lowest BCUT2D eigenvalue weighted by molar-refractivity contribution is -0.122. The number of ether oxygens (including phenoxy) is 1. The van der Waals surface area contributed by atoms with Crippen molar-refractivity contribution in [1.29, 1.82) is 0 Å². The highest BCUT2D eigenvalue weighted by Crippen LogP contribution is 2.25. The largest absolute Gasteiger partial charge is 0.492 e. The van der Waals surface area contributed by atoms with E-state index in [1.54, 1.807) is 6.92 Å². The molecule has 94 valence electrons. The van der Waals surface area contributed by atoms with E-state index in [-0.39, 0.29) is 24.5 Å². The Labute approximate surface area is 102 Å². The van der Waals surface area contributed by atoms with Gasteiger partial charge in [-0.2, -0.15) is 0 Å². The minimum Gasteiger partial charge on any atom is -0.492 e. The molecule has 4 heteroatoms. The second kappa shape index (κ2) is 5.68. The van der Waals surface area contributed by atoms with Crippen LogP contribution in [0.2, 0.25) is 0 Å². The van der Waals surface area contributed by atoms with Gasteiger partial charge in [0.25, 0.3) is 0 Å². The van der Waals surface area contributed by atoms with Crippen LogP contribution in [0.5, 0.6) is 5.75 Å². The summed E-state index contributed by atoms with van der Waals surface area (Å²) >= 11 is 0. The average molecular weight is 236 g/mol. The maximum Gasteiger partial charge on any atom is 0.223 e. The molecule has 2 atom stereocenters. The number of benzene rings is 1. The van der Waals surface area contributed by atoms with Crippen molar-refractivity contribution < 1.29 is 9.53 Å². The van der Waals surface area contributed by atoms with Crippen LogP contribution in [-0.4, -0.2) is 12.5 Å². The number of nitrogens with two attached hydrogens (primary N) is 2. The third-order valence-electron chi connectivity index (χ3n) is 2.63. The van der Waals surface area contributed by atoms with Gasteiger partial charge in [-0.3, -0.25) is 4.79 Å². The van der Waals surface area contributed by atoms with Crippen LogP contribution in [0.3, 0.4) is 0 Å². The van der Waals surface area contributed by atoms with Gasteiger partial charge in [0.1, 0.15) is 5.75 Å². The van der Waals surface area contributed by atoms with E-state index in [0.29, 0.717) is 0 Å². The molecule has 0 aliphatic rings. The quantitative estimate of drug-likeness (QED) is 0.813. The monoisotopic (exact) mass is 236 g/mol. The van der Waals surface area contributed by atoms with E-state index >= 15 is 0 Å². The van der Waals surface area contributed by atoms with Crippen LogP contribution in [0.15, 0.2) is 18.2 Å². The third kappa shape index (κ3) is 3.75. The molecule has 0 saturated heterocycles. The molecule has 0 aliphatic carbocycles. The van der Waals surface area contributed by atoms with Crippen LogP contribution in [-0.2, 0) is 4.79 Å². The SMILES string of the molecule is Cc1ccc([C@@H](C)N)c(OCC(C)C(N)=O)c1. The normalized spacial score (nSPS) is 14.1. The van der Waals surface area contributed by atoms with Crippen molar-refractivity contribution in [3.05, 3.63) is 29.3 Å². The Morgan fingerprint density at radius 2 is 2.06 bits per heavy atom. The maximum atomic E-state index is 10.9. The minimum absolute atomic E-state index is 0.102. The summed E-state index contributed by atoms with van der Waals surface area (Å²) in [6, 6.07) is 5.76. The zero-order valence-corrected chi connectivity index (χ0v) is 10.6. The topological polar surface area (TPSA) is 78.3 Å². The number of amides is 1. The fourth-order valence-electron chi connectivity index (χ4n) is 1.44. The van der Waals surface area contributed by atoms with E-state index in [9.17, 15) is 4.79 Å². The van der Waals surface area contributed by atoms with Crippen LogP contribution in [0, 0.1) is 12.8 Å². The van der Waals surface area contributed by atoms with E-state index < -0.39 is 0 Å². The zero-order valence-electron chi connectivity index (χ0n) is 10.6. The van der Waals surface area contributed by atoms with Gasteiger partial charge in [-0.15, -0.1) is 0 Å². The van der Waals surface area contributed by atoms with Crippen molar-refractivity contribution in [2.24, 2.45) is 17.4 Å². The highest BCUT2D eigenvalue weighted by atomic mass is 16.5. The first-order valence-corrected chi connectivity index (χ1v) is 5.70. The number of rotatable bonds is 5. The smallest absolute Gasteiger partial charge is 0.223 e. The van der Waals surface area contributed by atoms with E-state index in [4.69, 9.17) is 16.2 Å². The molecular formula is C13H20N2O2. The molecule has 0 fully saturated rings. The molecule has 1 amide bonds. The molecule has 0 spiro atoms. The fourth-order valence-corrected chi connectivity index (χ4v) is 1.44. The first-order chi connectivity index (χ1) is 7.91. The van der Waals surface area contributed by atoms with Gasteiger partial charge < -0.3 is 16.2 Å². The first-order valence-electron chi connectivity index (χ1n) is 5.70. The zero-order chi connectivity index (χ0) is 13.0. The molecular weight excluding hydrogens is 216 g/mol. The first kappa shape index (κ1) is 13.5. The van der Waals surface area contributed by atoms with E-state index in [2.05, 4.69) is 0 Å². The molecule has 0 radical (unpaired) electrons. The molecule has 0 aliphatic heterocycles. The highest BCUT2D eigenvalue weighted by Gasteiger charge is 2.12. The van der Waals surface area contributed by atoms with E-state index in [1.165, 1.54) is 0 Å². The maximum absolute atomic E-state index is 10.9. The van der Waals surface area contributed by atoms with Gasteiger partial charge in [-0.05, 0) is 25.5 Å². The summed E-state index contributed by atoms with van der Waals surface area (Å²) in [4.78, 5) is 10.9. The summed E-state index contributed by atoms with van der Waals surface area (Å²) in [5, 5.41) is 0. The van der Waals surface area contributed by atoms with Gasteiger partial charge in [0.15, 0.2) is 0 Å². The molecule has 17 heavy (non-hydrogen) atoms. The molecule has 1 rings (SSSR count). The molecule has 1 unspecified atom stereocenters. The van der Waals surface area contributed by atoms with Gasteiger partial charge in [0.05, 0.1) is 12.5 Å². The predicted molar refractivity (Wildman–Crippen MR) is 67.6 cm³/mol. The number of hydrogen-bond donors (Lipinski definition) is 2. The van der Waals surface area contributed by atoms with Gasteiger partial charge in [-0.1, -0.05) is 19.1 Å². The lowest BCUT2D eigenvalue weighted by Crippen LogP contribution is -2.26. The second-order valence-corrected chi connectivity index (χ2v) is 4.44. The Bertz CT molecular complexity index is 402. The van der Waals surface area contributed by atoms with Crippen LogP contribution < -0.4 is 16.2 Å². The number of hydrogen-bond acceptors (Lipinski definition) is 3. The van der Waals surface area contributed by atoms with E-state index in [0.717, 1.165) is 16.9 Å². The van der Waals surface area contributed by atoms with Crippen LogP contribution in [0.1, 0.15) is 31.0 Å². The highest BCUT2D eigenvalue weighted by molar-refractivity contribution is 5.76. The lowest BCUT2D eigenvalue weighted by Gasteiger charge is -2.16. The molecule has 0 saturated carbocycles. The second-order valence-electron chi connectivity index (χ2n) is 4.44. The molecule has 0 aromatic heterocycles. The van der Waals surface area contributed by atoms with Crippen molar-refractivity contribution >= 4 is 5.91 Å². The van der Waals surface area contributed by atoms with Crippen LogP contribution >= 0.6 is 0 Å². The Balaban J connectivity index is 2.82. The molecule has 4 nitrogen and oxygen atoms in total. The van der Waals surface area contributed by atoms with Gasteiger partial charge >= 0.3 is 0 Å². The lowest BCUT2D eigenvalue weighted by atomic mass is 10.1. The Morgan fingerprint density at radius 1 is 1.41 bits per heavy atom. The number of primary amides is 1. The predicted octanol–water partition coefficient (Wildman–Crippen LogP) is 1.51. The summed E-state index contributed by atoms with van der Waals surface area (Å²) in [5.74, 6) is 0.0598. The fraction of sp³-hybridized carbons (Fsp3) is 0.462. The molecule has 1 aromatic rings. The Kier molecular flexibility index (Phi) is 4.52. The van der Waals surface area contributed by atoms with Crippen molar-refractivity contribution in [2.75, 3.05) is 6.61 Å². The molecule has 0 bridgehead atoms. The van der Waals surface area contributed by atoms with Crippen molar-refractivity contribution in [3.8, 4) is 5.75 Å². The molecule has 4 N–H and O–H groups in total. The van der Waals surface area contributed by atoms with Gasteiger partial charge in [-0.25, -0.2) is 0 Å². The van der Waals surface area contributed by atoms with Gasteiger partial charge in [0.2, 0.25) is 5.91 Å². The number of carbonyl (C=O) groups is 1. The van der Waals surface area contributed by atoms with Crippen LogP contribution in [0.4, 0.5) is 0 Å². The van der Waals surface area contributed by atoms with Crippen LogP contribution in [0.25, 0.3) is 0 Å². The van der Waals surface area contributed by atoms with E-state index in [1.807, 2.05) is 32.0 Å². The van der Waals surface area contributed by atoms with Gasteiger partial charge in [0, 0.05) is 11.6 Å². The summed E-state index contributed by atoms with van der Waals surface area (Å²) < 4.78 is 5.62. The molecule has 0 heterocycles.